The summed E-state index contributed by atoms with van der Waals surface area (Å²) in [5, 5.41) is 5.97. The number of likely N-dealkylation sites (N-methyl/N-ethyl adjacent to an activating group) is 2. The number of hydrogen-bond donors (Lipinski definition) is 2. The lowest BCUT2D eigenvalue weighted by molar-refractivity contribution is 1.04. The Morgan fingerprint density at radius 2 is 1.47 bits per heavy atom. The summed E-state index contributed by atoms with van der Waals surface area (Å²) in [6.45, 7) is 0. The van der Waals surface area contributed by atoms with E-state index in [-0.39, 0.29) is 5.92 Å². The molecule has 0 spiro atoms. The van der Waals surface area contributed by atoms with E-state index in [1.165, 1.54) is 0 Å². The fourth-order valence-corrected chi connectivity index (χ4v) is 1.94. The van der Waals surface area contributed by atoms with Crippen molar-refractivity contribution in [3.05, 3.63) is 35.9 Å². The van der Waals surface area contributed by atoms with Crippen LogP contribution < -0.4 is 10.6 Å². The lowest BCUT2D eigenvalue weighted by Gasteiger charge is -2.19. The Morgan fingerprint density at radius 3 is 1.87 bits per heavy atom. The zero-order chi connectivity index (χ0) is 11.3. The predicted octanol–water partition coefficient (Wildman–Crippen LogP) is 1.86. The van der Waals surface area contributed by atoms with Gasteiger partial charge in [-0.3, -0.25) is 0 Å². The van der Waals surface area contributed by atoms with Crippen LogP contribution >= 0.6 is 24.4 Å². The van der Waals surface area contributed by atoms with Crippen LogP contribution in [0.1, 0.15) is 11.5 Å². The second-order valence-corrected chi connectivity index (χ2v) is 3.95. The van der Waals surface area contributed by atoms with Gasteiger partial charge in [-0.1, -0.05) is 54.8 Å². The smallest absolute Gasteiger partial charge is 0.0895 e. The molecule has 4 heteroatoms. The van der Waals surface area contributed by atoms with Gasteiger partial charge in [-0.05, 0) is 5.56 Å². The van der Waals surface area contributed by atoms with Crippen LogP contribution in [-0.2, 0) is 0 Å². The molecule has 0 aromatic heterocycles. The lowest BCUT2D eigenvalue weighted by atomic mass is 9.99. The number of nitrogens with one attached hydrogen (secondary N) is 2. The van der Waals surface area contributed by atoms with Gasteiger partial charge in [0.15, 0.2) is 0 Å². The maximum atomic E-state index is 5.26. The molecule has 80 valence electrons. The normalized spacial score (nSPS) is 9.80. The first-order chi connectivity index (χ1) is 7.20. The van der Waals surface area contributed by atoms with E-state index < -0.39 is 0 Å². The van der Waals surface area contributed by atoms with Crippen molar-refractivity contribution in [1.29, 1.82) is 0 Å². The number of benzene rings is 1. The first-order valence-electron chi connectivity index (χ1n) is 4.68. The summed E-state index contributed by atoms with van der Waals surface area (Å²) < 4.78 is 0. The molecule has 0 radical (unpaired) electrons. The molecule has 2 nitrogen and oxygen atoms in total. The molecular formula is C11H14N2S2. The van der Waals surface area contributed by atoms with Crippen molar-refractivity contribution in [2.24, 2.45) is 0 Å². The van der Waals surface area contributed by atoms with E-state index in [9.17, 15) is 0 Å². The molecule has 0 aliphatic heterocycles. The zero-order valence-electron chi connectivity index (χ0n) is 8.78. The van der Waals surface area contributed by atoms with Crippen molar-refractivity contribution >= 4 is 34.4 Å². The van der Waals surface area contributed by atoms with E-state index in [1.807, 2.05) is 44.4 Å². The fraction of sp³-hybridized carbons (Fsp3) is 0.273. The molecule has 0 aliphatic rings. The largest absolute Gasteiger partial charge is 0.382 e. The molecule has 0 bridgehead atoms. The Hall–Kier alpha value is -1.00. The highest BCUT2D eigenvalue weighted by molar-refractivity contribution is 7.82. The maximum absolute atomic E-state index is 5.26. The maximum Gasteiger partial charge on any atom is 0.0895 e. The molecule has 0 saturated heterocycles. The molecule has 0 atom stereocenters. The Kier molecular flexibility index (Phi) is 4.65. The van der Waals surface area contributed by atoms with Crippen molar-refractivity contribution in [2.45, 2.75) is 5.92 Å². The van der Waals surface area contributed by atoms with Crippen LogP contribution in [0.25, 0.3) is 0 Å². The Balaban J connectivity index is 3.02. The second-order valence-electron chi connectivity index (χ2n) is 3.07. The summed E-state index contributed by atoms with van der Waals surface area (Å²) in [6.07, 6.45) is 0. The van der Waals surface area contributed by atoms with Crippen LogP contribution in [-0.4, -0.2) is 24.1 Å². The van der Waals surface area contributed by atoms with Crippen LogP contribution in [0.2, 0.25) is 0 Å². The average Bonchev–Trinajstić information content (AvgIpc) is 2.30. The highest BCUT2D eigenvalue weighted by Gasteiger charge is 2.19. The Labute approximate surface area is 101 Å². The number of rotatable bonds is 3. The van der Waals surface area contributed by atoms with Gasteiger partial charge in [0.2, 0.25) is 0 Å². The zero-order valence-corrected chi connectivity index (χ0v) is 10.4. The fourth-order valence-electron chi connectivity index (χ4n) is 1.36. The summed E-state index contributed by atoms with van der Waals surface area (Å²) in [7, 11) is 3.63. The molecule has 0 unspecified atom stereocenters. The third-order valence-electron chi connectivity index (χ3n) is 2.15. The van der Waals surface area contributed by atoms with Crippen molar-refractivity contribution in [1.82, 2.24) is 10.6 Å². The van der Waals surface area contributed by atoms with Crippen molar-refractivity contribution < 1.29 is 0 Å². The molecule has 0 amide bonds. The first-order valence-corrected chi connectivity index (χ1v) is 5.50. The Morgan fingerprint density at radius 1 is 1.00 bits per heavy atom. The molecule has 0 saturated carbocycles. The van der Waals surface area contributed by atoms with Gasteiger partial charge in [0.05, 0.1) is 15.9 Å². The summed E-state index contributed by atoms with van der Waals surface area (Å²) in [5.41, 5.74) is 1.11. The van der Waals surface area contributed by atoms with Gasteiger partial charge >= 0.3 is 0 Å². The Bertz CT molecular complexity index is 333. The van der Waals surface area contributed by atoms with E-state index >= 15 is 0 Å². The number of hydrogen-bond acceptors (Lipinski definition) is 2. The van der Waals surface area contributed by atoms with Gasteiger partial charge in [0.25, 0.3) is 0 Å². The van der Waals surface area contributed by atoms with E-state index in [2.05, 4.69) is 10.6 Å². The van der Waals surface area contributed by atoms with Crippen molar-refractivity contribution in [2.75, 3.05) is 14.1 Å². The van der Waals surface area contributed by atoms with Crippen LogP contribution in [0.3, 0.4) is 0 Å². The van der Waals surface area contributed by atoms with E-state index in [1.54, 1.807) is 0 Å². The van der Waals surface area contributed by atoms with Gasteiger partial charge in [-0.15, -0.1) is 0 Å². The van der Waals surface area contributed by atoms with Crippen molar-refractivity contribution in [3.8, 4) is 0 Å². The summed E-state index contributed by atoms with van der Waals surface area (Å²) in [6, 6.07) is 10.00. The van der Waals surface area contributed by atoms with Gasteiger partial charge < -0.3 is 10.6 Å². The standard InChI is InChI=1S/C11H14N2S2/c1-12-10(14)9(11(15)13-2)8-6-4-3-5-7-8/h3-7,9H,1-2H3,(H,12,14)(H,13,15). The summed E-state index contributed by atoms with van der Waals surface area (Å²) >= 11 is 10.5. The van der Waals surface area contributed by atoms with E-state index in [4.69, 9.17) is 24.4 Å². The monoisotopic (exact) mass is 238 g/mol. The van der Waals surface area contributed by atoms with Gasteiger partial charge in [-0.25, -0.2) is 0 Å². The molecule has 1 aromatic rings. The molecule has 1 aromatic carbocycles. The van der Waals surface area contributed by atoms with Crippen LogP contribution in [0.4, 0.5) is 0 Å². The third-order valence-corrected chi connectivity index (χ3v) is 3.03. The highest BCUT2D eigenvalue weighted by atomic mass is 32.1. The molecule has 1 rings (SSSR count). The summed E-state index contributed by atoms with van der Waals surface area (Å²) in [5.74, 6) is -0.0359. The molecule has 0 fully saturated rings. The minimum Gasteiger partial charge on any atom is -0.382 e. The highest BCUT2D eigenvalue weighted by Crippen LogP contribution is 2.17. The second kappa shape index (κ2) is 5.78. The van der Waals surface area contributed by atoms with Gasteiger partial charge in [0.1, 0.15) is 0 Å². The van der Waals surface area contributed by atoms with Gasteiger partial charge in [0, 0.05) is 14.1 Å². The minimum atomic E-state index is -0.0359. The minimum absolute atomic E-state index is 0.0359. The molecule has 0 aliphatic carbocycles. The third kappa shape index (κ3) is 2.97. The summed E-state index contributed by atoms with van der Waals surface area (Å²) in [4.78, 5) is 1.47. The topological polar surface area (TPSA) is 24.1 Å². The van der Waals surface area contributed by atoms with Crippen LogP contribution in [0.15, 0.2) is 30.3 Å². The van der Waals surface area contributed by atoms with E-state index in [0.29, 0.717) is 0 Å². The molecular weight excluding hydrogens is 224 g/mol. The quantitative estimate of drug-likeness (QED) is 0.785. The SMILES string of the molecule is CNC(=S)C(C(=S)NC)c1ccccc1. The van der Waals surface area contributed by atoms with Crippen LogP contribution in [0.5, 0.6) is 0 Å². The van der Waals surface area contributed by atoms with Gasteiger partial charge in [-0.2, -0.15) is 0 Å². The molecule has 15 heavy (non-hydrogen) atoms. The van der Waals surface area contributed by atoms with Crippen LogP contribution in [0, 0.1) is 0 Å². The predicted molar refractivity (Wildman–Crippen MR) is 72.5 cm³/mol. The molecule has 0 heterocycles. The van der Waals surface area contributed by atoms with E-state index in [0.717, 1.165) is 15.5 Å². The number of thiocarbonyl (C=S) groups is 2. The first kappa shape index (κ1) is 12.1. The van der Waals surface area contributed by atoms with Crippen molar-refractivity contribution in [3.63, 3.8) is 0 Å². The average molecular weight is 238 g/mol. The lowest BCUT2D eigenvalue weighted by Crippen LogP contribution is -2.34. The molecule has 2 N–H and O–H groups in total.